The Morgan fingerprint density at radius 2 is 1.74 bits per heavy atom. The highest BCUT2D eigenvalue weighted by atomic mass is 35.5. The van der Waals surface area contributed by atoms with E-state index in [-0.39, 0.29) is 23.1 Å². The van der Waals surface area contributed by atoms with Crippen molar-refractivity contribution in [2.45, 2.75) is 13.8 Å². The number of hydrogen-bond donors (Lipinski definition) is 1. The summed E-state index contributed by atoms with van der Waals surface area (Å²) in [4.78, 5) is 40.6. The molecule has 1 N–H and O–H groups in total. The summed E-state index contributed by atoms with van der Waals surface area (Å²) < 4.78 is 5.09. The summed E-state index contributed by atoms with van der Waals surface area (Å²) in [5.41, 5.74) is 1.79. The molecule has 9 heteroatoms. The lowest BCUT2D eigenvalue weighted by atomic mass is 10.1. The fourth-order valence-electron chi connectivity index (χ4n) is 3.38. The van der Waals surface area contributed by atoms with E-state index < -0.39 is 11.9 Å². The Balaban J connectivity index is 1.91. The number of rotatable bonds is 5. The van der Waals surface area contributed by atoms with Gasteiger partial charge in [0.25, 0.3) is 5.91 Å². The molecule has 2 aromatic carbocycles. The molecule has 0 bridgehead atoms. The summed E-state index contributed by atoms with van der Waals surface area (Å²) >= 11 is 12.1. The van der Waals surface area contributed by atoms with Gasteiger partial charge in [0.05, 0.1) is 34.1 Å². The largest absolute Gasteiger partial charge is 0.462 e. The van der Waals surface area contributed by atoms with Crippen molar-refractivity contribution in [2.24, 2.45) is 0 Å². The monoisotopic (exact) mass is 463 g/mol. The molecule has 0 atom stereocenters. The lowest BCUT2D eigenvalue weighted by Crippen LogP contribution is -2.48. The molecule has 3 rings (SSSR count). The van der Waals surface area contributed by atoms with Crippen LogP contribution in [-0.2, 0) is 9.53 Å². The van der Waals surface area contributed by atoms with Gasteiger partial charge in [0.15, 0.2) is 0 Å². The Hall–Kier alpha value is -2.77. The summed E-state index contributed by atoms with van der Waals surface area (Å²) in [6, 6.07) is 9.64. The number of carbonyl (C=O) groups is 3. The van der Waals surface area contributed by atoms with Gasteiger partial charge in [-0.15, -0.1) is 0 Å². The van der Waals surface area contributed by atoms with Gasteiger partial charge in [-0.3, -0.25) is 9.59 Å². The van der Waals surface area contributed by atoms with Crippen molar-refractivity contribution >= 4 is 52.4 Å². The first kappa shape index (κ1) is 22.9. The predicted molar refractivity (Wildman–Crippen MR) is 121 cm³/mol. The summed E-state index contributed by atoms with van der Waals surface area (Å²) in [6.07, 6.45) is 0. The minimum Gasteiger partial charge on any atom is -0.462 e. The number of amides is 2. The van der Waals surface area contributed by atoms with Gasteiger partial charge >= 0.3 is 5.97 Å². The molecule has 2 amide bonds. The van der Waals surface area contributed by atoms with Crippen LogP contribution in [0, 0.1) is 0 Å². The second kappa shape index (κ2) is 10.0. The van der Waals surface area contributed by atoms with Gasteiger partial charge in [0.2, 0.25) is 5.91 Å². The maximum Gasteiger partial charge on any atom is 0.338 e. The molecule has 31 heavy (non-hydrogen) atoms. The average Bonchev–Trinajstić information content (AvgIpc) is 2.74. The molecule has 1 heterocycles. The smallest absolute Gasteiger partial charge is 0.338 e. The zero-order valence-corrected chi connectivity index (χ0v) is 18.8. The van der Waals surface area contributed by atoms with Crippen molar-refractivity contribution < 1.29 is 19.1 Å². The fourth-order valence-corrected chi connectivity index (χ4v) is 3.87. The molecule has 0 saturated carbocycles. The van der Waals surface area contributed by atoms with Crippen LogP contribution in [0.4, 0.5) is 11.4 Å². The zero-order valence-electron chi connectivity index (χ0n) is 17.3. The Morgan fingerprint density at radius 3 is 2.35 bits per heavy atom. The summed E-state index contributed by atoms with van der Waals surface area (Å²) in [5.74, 6) is -0.870. The molecular weight excluding hydrogens is 441 g/mol. The van der Waals surface area contributed by atoms with E-state index in [2.05, 4.69) is 10.2 Å². The van der Waals surface area contributed by atoms with Crippen LogP contribution < -0.4 is 10.2 Å². The van der Waals surface area contributed by atoms with Gasteiger partial charge in [0.1, 0.15) is 0 Å². The SMILES string of the molecule is CCOC(=O)c1ccc(N2CCN(C(C)=O)CC2)c(NC(=O)c2ccc(Cl)cc2Cl)c1. The highest BCUT2D eigenvalue weighted by Gasteiger charge is 2.23. The molecule has 1 fully saturated rings. The number of esters is 1. The van der Waals surface area contributed by atoms with Gasteiger partial charge in [-0.1, -0.05) is 23.2 Å². The fraction of sp³-hybridized carbons (Fsp3) is 0.318. The van der Waals surface area contributed by atoms with E-state index in [1.165, 1.54) is 6.07 Å². The van der Waals surface area contributed by atoms with Crippen molar-refractivity contribution in [1.82, 2.24) is 4.90 Å². The van der Waals surface area contributed by atoms with Crippen molar-refractivity contribution in [3.63, 3.8) is 0 Å². The number of carbonyl (C=O) groups excluding carboxylic acids is 3. The Morgan fingerprint density at radius 1 is 1.03 bits per heavy atom. The average molecular weight is 464 g/mol. The van der Waals surface area contributed by atoms with Gasteiger partial charge < -0.3 is 19.9 Å². The van der Waals surface area contributed by atoms with E-state index in [4.69, 9.17) is 27.9 Å². The van der Waals surface area contributed by atoms with E-state index in [1.54, 1.807) is 49.1 Å². The third-order valence-electron chi connectivity index (χ3n) is 5.00. The van der Waals surface area contributed by atoms with Crippen LogP contribution in [0.15, 0.2) is 36.4 Å². The van der Waals surface area contributed by atoms with Crippen molar-refractivity contribution in [3.05, 3.63) is 57.6 Å². The summed E-state index contributed by atoms with van der Waals surface area (Å²) in [7, 11) is 0. The third-order valence-corrected chi connectivity index (χ3v) is 5.55. The molecule has 0 spiro atoms. The van der Waals surface area contributed by atoms with E-state index in [9.17, 15) is 14.4 Å². The Bertz CT molecular complexity index is 1000. The number of piperazine rings is 1. The van der Waals surface area contributed by atoms with Crippen LogP contribution in [0.5, 0.6) is 0 Å². The maximum absolute atomic E-state index is 12.9. The van der Waals surface area contributed by atoms with Gasteiger partial charge in [0, 0.05) is 38.1 Å². The minimum absolute atomic E-state index is 0.0308. The number of nitrogens with one attached hydrogen (secondary N) is 1. The molecule has 1 saturated heterocycles. The number of ether oxygens (including phenoxy) is 1. The van der Waals surface area contributed by atoms with Crippen LogP contribution in [-0.4, -0.2) is 55.5 Å². The van der Waals surface area contributed by atoms with Crippen LogP contribution in [0.1, 0.15) is 34.6 Å². The number of hydrogen-bond acceptors (Lipinski definition) is 5. The van der Waals surface area contributed by atoms with E-state index in [0.717, 1.165) is 5.69 Å². The number of benzene rings is 2. The lowest BCUT2D eigenvalue weighted by Gasteiger charge is -2.36. The molecule has 0 aliphatic carbocycles. The highest BCUT2D eigenvalue weighted by Crippen LogP contribution is 2.30. The van der Waals surface area contributed by atoms with Crippen LogP contribution in [0.2, 0.25) is 10.0 Å². The maximum atomic E-state index is 12.9. The molecule has 7 nitrogen and oxygen atoms in total. The first-order chi connectivity index (χ1) is 14.8. The molecule has 1 aliphatic rings. The minimum atomic E-state index is -0.476. The summed E-state index contributed by atoms with van der Waals surface area (Å²) in [5, 5.41) is 3.51. The van der Waals surface area contributed by atoms with Crippen LogP contribution >= 0.6 is 23.2 Å². The van der Waals surface area contributed by atoms with E-state index >= 15 is 0 Å². The Labute approximate surface area is 190 Å². The van der Waals surface area contributed by atoms with E-state index in [1.807, 2.05) is 0 Å². The zero-order chi connectivity index (χ0) is 22.5. The van der Waals surface area contributed by atoms with Gasteiger partial charge in [-0.2, -0.15) is 0 Å². The standard InChI is InChI=1S/C22H23Cl2N3O4/c1-3-31-22(30)15-4-7-20(27-10-8-26(9-11-27)14(2)28)19(12-15)25-21(29)17-6-5-16(23)13-18(17)24/h4-7,12-13H,3,8-11H2,1-2H3,(H,25,29). The van der Waals surface area contributed by atoms with Crippen molar-refractivity contribution in [2.75, 3.05) is 43.0 Å². The quantitative estimate of drug-likeness (QED) is 0.675. The summed E-state index contributed by atoms with van der Waals surface area (Å²) in [6.45, 7) is 5.87. The first-order valence-electron chi connectivity index (χ1n) is 9.88. The second-order valence-corrected chi connectivity index (χ2v) is 7.87. The van der Waals surface area contributed by atoms with Gasteiger partial charge in [-0.05, 0) is 43.3 Å². The lowest BCUT2D eigenvalue weighted by molar-refractivity contribution is -0.129. The molecule has 2 aromatic rings. The molecule has 0 unspecified atom stereocenters. The number of halogens is 2. The van der Waals surface area contributed by atoms with Crippen LogP contribution in [0.25, 0.3) is 0 Å². The number of anilines is 2. The van der Waals surface area contributed by atoms with Crippen molar-refractivity contribution in [3.8, 4) is 0 Å². The van der Waals surface area contributed by atoms with Gasteiger partial charge in [-0.25, -0.2) is 4.79 Å². The highest BCUT2D eigenvalue weighted by molar-refractivity contribution is 6.37. The second-order valence-electron chi connectivity index (χ2n) is 7.02. The van der Waals surface area contributed by atoms with E-state index in [0.29, 0.717) is 42.5 Å². The molecule has 1 aliphatic heterocycles. The Kier molecular flexibility index (Phi) is 7.41. The topological polar surface area (TPSA) is 79.0 Å². The normalized spacial score (nSPS) is 13.7. The molecule has 164 valence electrons. The molecule has 0 aromatic heterocycles. The first-order valence-corrected chi connectivity index (χ1v) is 10.6. The number of nitrogens with zero attached hydrogens (tertiary/aromatic N) is 2. The van der Waals surface area contributed by atoms with Crippen LogP contribution in [0.3, 0.4) is 0 Å². The molecular formula is C22H23Cl2N3O4. The molecule has 0 radical (unpaired) electrons. The van der Waals surface area contributed by atoms with Crippen molar-refractivity contribution in [1.29, 1.82) is 0 Å². The third kappa shape index (κ3) is 5.48. The predicted octanol–water partition coefficient (Wildman–Crippen LogP) is 4.09.